The van der Waals surface area contributed by atoms with E-state index in [2.05, 4.69) is 39.9 Å². The molecule has 5 rings (SSSR count). The second kappa shape index (κ2) is 5.48. The van der Waals surface area contributed by atoms with Gasteiger partial charge in [-0.3, -0.25) is 4.98 Å². The van der Waals surface area contributed by atoms with Crippen molar-refractivity contribution < 1.29 is 4.74 Å². The molecule has 0 bridgehead atoms. The Kier molecular flexibility index (Phi) is 3.41. The van der Waals surface area contributed by atoms with Crippen LogP contribution in [-0.2, 0) is 17.8 Å². The van der Waals surface area contributed by atoms with Crippen LogP contribution >= 0.6 is 27.3 Å². The van der Waals surface area contributed by atoms with E-state index in [1.807, 2.05) is 24.3 Å². The minimum Gasteiger partial charge on any atom is -0.370 e. The Balaban J connectivity index is 1.84. The van der Waals surface area contributed by atoms with Gasteiger partial charge in [0.05, 0.1) is 17.6 Å². The van der Waals surface area contributed by atoms with Gasteiger partial charge < -0.3 is 4.74 Å². The number of nitrogens with one attached hydrogen (secondary N) is 1. The zero-order valence-corrected chi connectivity index (χ0v) is 16.6. The second-order valence-electron chi connectivity index (χ2n) is 7.01. The van der Waals surface area contributed by atoms with E-state index in [-0.39, 0.29) is 11.3 Å². The van der Waals surface area contributed by atoms with Crippen molar-refractivity contribution >= 4 is 43.1 Å². The number of thiophene rings is 1. The first-order chi connectivity index (χ1) is 12.4. The van der Waals surface area contributed by atoms with Crippen LogP contribution < -0.4 is 5.69 Å². The van der Waals surface area contributed by atoms with Gasteiger partial charge in [0.2, 0.25) is 0 Å². The van der Waals surface area contributed by atoms with Crippen LogP contribution in [0.15, 0.2) is 33.5 Å². The van der Waals surface area contributed by atoms with Crippen LogP contribution in [0.4, 0.5) is 0 Å². The Morgan fingerprint density at radius 2 is 2.15 bits per heavy atom. The third kappa shape index (κ3) is 2.36. The molecule has 0 unspecified atom stereocenters. The number of fused-ring (bicyclic) bond motifs is 5. The zero-order chi connectivity index (χ0) is 18.1. The van der Waals surface area contributed by atoms with Crippen LogP contribution in [0, 0.1) is 0 Å². The van der Waals surface area contributed by atoms with Gasteiger partial charge in [-0.2, -0.15) is 4.52 Å². The first-order valence-corrected chi connectivity index (χ1v) is 9.86. The third-order valence-corrected chi connectivity index (χ3v) is 6.46. The summed E-state index contributed by atoms with van der Waals surface area (Å²) in [5.41, 5.74) is 2.14. The molecule has 0 radical (unpaired) electrons. The summed E-state index contributed by atoms with van der Waals surface area (Å²) in [4.78, 5) is 22.2. The molecule has 4 aromatic rings. The molecule has 8 heteroatoms. The molecule has 0 spiro atoms. The van der Waals surface area contributed by atoms with Crippen molar-refractivity contribution in [3.63, 3.8) is 0 Å². The molecule has 1 N–H and O–H groups in total. The Hall–Kier alpha value is -2.03. The molecule has 0 aliphatic carbocycles. The summed E-state index contributed by atoms with van der Waals surface area (Å²) < 4.78 is 8.18. The Morgan fingerprint density at radius 1 is 1.35 bits per heavy atom. The van der Waals surface area contributed by atoms with Crippen molar-refractivity contribution in [1.82, 2.24) is 19.6 Å². The summed E-state index contributed by atoms with van der Waals surface area (Å²) in [7, 11) is 0. The predicted octanol–water partition coefficient (Wildman–Crippen LogP) is 3.91. The van der Waals surface area contributed by atoms with Crippen molar-refractivity contribution in [2.45, 2.75) is 32.5 Å². The van der Waals surface area contributed by atoms with E-state index in [1.54, 1.807) is 11.3 Å². The summed E-state index contributed by atoms with van der Waals surface area (Å²) in [6.45, 7) is 4.72. The molecule has 3 aromatic heterocycles. The molecule has 0 saturated carbocycles. The van der Waals surface area contributed by atoms with Gasteiger partial charge in [-0.25, -0.2) is 9.78 Å². The summed E-state index contributed by atoms with van der Waals surface area (Å²) in [5, 5.41) is 5.44. The molecule has 1 aliphatic heterocycles. The van der Waals surface area contributed by atoms with E-state index in [1.165, 1.54) is 10.1 Å². The highest BCUT2D eigenvalue weighted by atomic mass is 79.9. The number of hydrogen-bond donors (Lipinski definition) is 1. The fourth-order valence-electron chi connectivity index (χ4n) is 3.40. The number of hydrogen-bond acceptors (Lipinski definition) is 5. The maximum Gasteiger partial charge on any atom is 0.349 e. The molecule has 1 aromatic carbocycles. The normalized spacial score (nSPS) is 16.3. The van der Waals surface area contributed by atoms with Crippen LogP contribution in [0.3, 0.4) is 0 Å². The number of aromatic amines is 1. The molecule has 6 nitrogen and oxygen atoms in total. The van der Waals surface area contributed by atoms with Gasteiger partial charge in [-0.05, 0) is 31.5 Å². The van der Waals surface area contributed by atoms with Crippen LogP contribution in [0.5, 0.6) is 0 Å². The topological polar surface area (TPSA) is 72.3 Å². The van der Waals surface area contributed by atoms with Gasteiger partial charge >= 0.3 is 5.69 Å². The minimum absolute atomic E-state index is 0.237. The molecule has 0 saturated heterocycles. The number of ether oxygens (including phenoxy) is 1. The van der Waals surface area contributed by atoms with Gasteiger partial charge in [0.15, 0.2) is 11.5 Å². The van der Waals surface area contributed by atoms with E-state index in [0.29, 0.717) is 18.1 Å². The van der Waals surface area contributed by atoms with E-state index in [4.69, 9.17) is 9.72 Å². The molecule has 4 heterocycles. The second-order valence-corrected chi connectivity index (χ2v) is 8.97. The summed E-state index contributed by atoms with van der Waals surface area (Å²) in [5.74, 6) is 0.529. The van der Waals surface area contributed by atoms with Crippen molar-refractivity contribution in [3.05, 3.63) is 49.7 Å². The number of halogens is 1. The SMILES string of the molecule is CC1(C)Cc2c(sc3[nH]c(=O)n4nc(-c5ccccc5Br)nc4c23)CO1. The lowest BCUT2D eigenvalue weighted by Crippen LogP contribution is -2.31. The highest BCUT2D eigenvalue weighted by Crippen LogP contribution is 2.39. The standard InChI is InChI=1S/C18H15BrN4O2S/c1-18(2)7-10-12(8-25-18)26-16-13(10)15-20-14(22-23(15)17(24)21-16)9-5-3-4-6-11(9)19/h3-6H,7-8H2,1-2H3,(H,21,24). The molecule has 1 aliphatic rings. The Bertz CT molecular complexity index is 1240. The van der Waals surface area contributed by atoms with Crippen LogP contribution in [0.1, 0.15) is 24.3 Å². The maximum atomic E-state index is 12.5. The number of H-pyrrole nitrogens is 1. The number of benzene rings is 1. The van der Waals surface area contributed by atoms with Crippen LogP contribution in [0.25, 0.3) is 27.3 Å². The fourth-order valence-corrected chi connectivity index (χ4v) is 4.98. The van der Waals surface area contributed by atoms with E-state index >= 15 is 0 Å². The summed E-state index contributed by atoms with van der Waals surface area (Å²) in [6, 6.07) is 7.74. The highest BCUT2D eigenvalue weighted by molar-refractivity contribution is 9.10. The van der Waals surface area contributed by atoms with Gasteiger partial charge in [0.25, 0.3) is 0 Å². The van der Waals surface area contributed by atoms with Gasteiger partial charge in [-0.15, -0.1) is 16.4 Å². The van der Waals surface area contributed by atoms with Crippen LogP contribution in [-0.4, -0.2) is 25.2 Å². The van der Waals surface area contributed by atoms with Crippen molar-refractivity contribution in [2.24, 2.45) is 0 Å². The molecular weight excluding hydrogens is 416 g/mol. The lowest BCUT2D eigenvalue weighted by molar-refractivity contribution is -0.0379. The molecular formula is C18H15BrN4O2S. The number of rotatable bonds is 1. The van der Waals surface area contributed by atoms with Gasteiger partial charge in [0, 0.05) is 21.3 Å². The van der Waals surface area contributed by atoms with E-state index in [9.17, 15) is 4.79 Å². The van der Waals surface area contributed by atoms with Gasteiger partial charge in [0.1, 0.15) is 4.83 Å². The monoisotopic (exact) mass is 430 g/mol. The molecule has 132 valence electrons. The third-order valence-electron chi connectivity index (χ3n) is 4.65. The number of nitrogens with zero attached hydrogens (tertiary/aromatic N) is 3. The largest absolute Gasteiger partial charge is 0.370 e. The van der Waals surface area contributed by atoms with Crippen molar-refractivity contribution in [1.29, 1.82) is 0 Å². The molecule has 26 heavy (non-hydrogen) atoms. The van der Waals surface area contributed by atoms with E-state index < -0.39 is 0 Å². The number of aromatic nitrogens is 4. The maximum absolute atomic E-state index is 12.5. The smallest absolute Gasteiger partial charge is 0.349 e. The quantitative estimate of drug-likeness (QED) is 0.496. The lowest BCUT2D eigenvalue weighted by atomic mass is 9.94. The van der Waals surface area contributed by atoms with Crippen molar-refractivity contribution in [2.75, 3.05) is 0 Å². The highest BCUT2D eigenvalue weighted by Gasteiger charge is 2.31. The average Bonchev–Trinajstić information content (AvgIpc) is 3.16. The molecule has 0 amide bonds. The Morgan fingerprint density at radius 3 is 2.96 bits per heavy atom. The predicted molar refractivity (Wildman–Crippen MR) is 105 cm³/mol. The van der Waals surface area contributed by atoms with Crippen molar-refractivity contribution in [3.8, 4) is 11.4 Å². The zero-order valence-electron chi connectivity index (χ0n) is 14.2. The molecule has 0 fully saturated rings. The minimum atomic E-state index is -0.280. The van der Waals surface area contributed by atoms with Crippen LogP contribution in [0.2, 0.25) is 0 Å². The fraction of sp³-hybridized carbons (Fsp3) is 0.278. The summed E-state index contributed by atoms with van der Waals surface area (Å²) >= 11 is 5.10. The summed E-state index contributed by atoms with van der Waals surface area (Å²) in [6.07, 6.45) is 0.779. The average molecular weight is 431 g/mol. The lowest BCUT2D eigenvalue weighted by Gasteiger charge is -2.30. The van der Waals surface area contributed by atoms with E-state index in [0.717, 1.165) is 31.6 Å². The first kappa shape index (κ1) is 16.2. The molecule has 0 atom stereocenters. The Labute approximate surface area is 161 Å². The van der Waals surface area contributed by atoms with Gasteiger partial charge in [-0.1, -0.05) is 28.1 Å². The first-order valence-electron chi connectivity index (χ1n) is 8.25.